The summed E-state index contributed by atoms with van der Waals surface area (Å²) in [4.78, 5) is 26.1. The smallest absolute Gasteiger partial charge is 0.290 e. The molecule has 0 spiro atoms. The third kappa shape index (κ3) is 3.02. The zero-order valence-corrected chi connectivity index (χ0v) is 13.9. The second-order valence-electron chi connectivity index (χ2n) is 5.73. The monoisotopic (exact) mass is 347 g/mol. The number of carbonyl (C=O) groups is 2. The Labute approximate surface area is 144 Å². The first kappa shape index (κ1) is 16.5. The van der Waals surface area contributed by atoms with Crippen molar-refractivity contribution in [2.24, 2.45) is 5.73 Å². The Bertz CT molecular complexity index is 774. The van der Waals surface area contributed by atoms with E-state index in [1.165, 1.54) is 11.9 Å². The second-order valence-corrected chi connectivity index (χ2v) is 6.13. The van der Waals surface area contributed by atoms with E-state index in [1.54, 1.807) is 18.2 Å². The molecule has 0 saturated carbocycles. The van der Waals surface area contributed by atoms with Gasteiger partial charge in [-0.1, -0.05) is 23.7 Å². The minimum absolute atomic E-state index is 0.160. The van der Waals surface area contributed by atoms with Gasteiger partial charge in [-0.2, -0.15) is 0 Å². The van der Waals surface area contributed by atoms with Gasteiger partial charge in [-0.3, -0.25) is 9.59 Å². The van der Waals surface area contributed by atoms with Gasteiger partial charge in [0.1, 0.15) is 11.8 Å². The average molecular weight is 348 g/mol. The number of nitrogens with two attached hydrogens (primary N) is 1. The summed E-state index contributed by atoms with van der Waals surface area (Å²) in [7, 11) is 1.54. The van der Waals surface area contributed by atoms with Crippen molar-refractivity contribution in [1.29, 1.82) is 0 Å². The molecule has 1 aliphatic rings. The molecular weight excluding hydrogens is 330 g/mol. The quantitative estimate of drug-likeness (QED) is 0.887. The molecule has 2 atom stereocenters. The van der Waals surface area contributed by atoms with E-state index in [-0.39, 0.29) is 23.6 Å². The minimum atomic E-state index is -0.577. The fourth-order valence-corrected chi connectivity index (χ4v) is 3.14. The number of carbonyl (C=O) groups excluding carboxylic acids is 2. The van der Waals surface area contributed by atoms with Crippen LogP contribution in [0.3, 0.4) is 0 Å². The van der Waals surface area contributed by atoms with Gasteiger partial charge in [0.25, 0.3) is 5.91 Å². The van der Waals surface area contributed by atoms with Gasteiger partial charge in [-0.25, -0.2) is 0 Å². The maximum Gasteiger partial charge on any atom is 0.290 e. The van der Waals surface area contributed by atoms with Crippen molar-refractivity contribution in [2.75, 3.05) is 13.6 Å². The van der Waals surface area contributed by atoms with Crippen molar-refractivity contribution in [3.8, 4) is 11.3 Å². The number of likely N-dealkylation sites (N-methyl/N-ethyl adjacent to an activating group) is 1. The number of nitrogens with one attached hydrogen (secondary N) is 1. The van der Waals surface area contributed by atoms with E-state index in [9.17, 15) is 9.59 Å². The van der Waals surface area contributed by atoms with Crippen molar-refractivity contribution in [2.45, 2.75) is 18.5 Å². The van der Waals surface area contributed by atoms with Gasteiger partial charge in [0, 0.05) is 25.2 Å². The number of likely N-dealkylation sites (tertiary alicyclic amines) is 1. The van der Waals surface area contributed by atoms with Crippen LogP contribution in [0, 0.1) is 0 Å². The van der Waals surface area contributed by atoms with E-state index < -0.39 is 6.04 Å². The highest BCUT2D eigenvalue weighted by molar-refractivity contribution is 6.33. The van der Waals surface area contributed by atoms with Gasteiger partial charge >= 0.3 is 0 Å². The SMILES string of the molecule is CNC(=O)[C@@H]1C[C@H](N)CN1C(=O)c1ccc(-c2ccccc2Cl)o1. The average Bonchev–Trinajstić information content (AvgIpc) is 3.21. The number of furan rings is 1. The largest absolute Gasteiger partial charge is 0.451 e. The summed E-state index contributed by atoms with van der Waals surface area (Å²) in [5.41, 5.74) is 6.63. The lowest BCUT2D eigenvalue weighted by atomic mass is 10.1. The Kier molecular flexibility index (Phi) is 4.59. The van der Waals surface area contributed by atoms with Crippen molar-refractivity contribution >= 4 is 23.4 Å². The van der Waals surface area contributed by atoms with Gasteiger partial charge in [0.15, 0.2) is 5.76 Å². The molecular formula is C17H18ClN3O3. The molecule has 3 N–H and O–H groups in total. The predicted molar refractivity (Wildman–Crippen MR) is 90.6 cm³/mol. The van der Waals surface area contributed by atoms with Crippen LogP contribution in [0.15, 0.2) is 40.8 Å². The molecule has 7 heteroatoms. The van der Waals surface area contributed by atoms with Gasteiger partial charge in [-0.15, -0.1) is 0 Å². The fourth-order valence-electron chi connectivity index (χ4n) is 2.91. The Morgan fingerprint density at radius 1 is 1.29 bits per heavy atom. The molecule has 0 bridgehead atoms. The molecule has 0 unspecified atom stereocenters. The topological polar surface area (TPSA) is 88.6 Å². The summed E-state index contributed by atoms with van der Waals surface area (Å²) in [6, 6.07) is 9.70. The van der Waals surface area contributed by atoms with E-state index in [1.807, 2.05) is 18.2 Å². The lowest BCUT2D eigenvalue weighted by molar-refractivity contribution is -0.124. The van der Waals surface area contributed by atoms with E-state index in [2.05, 4.69) is 5.32 Å². The molecule has 2 amide bonds. The normalized spacial score (nSPS) is 20.2. The molecule has 1 aliphatic heterocycles. The van der Waals surface area contributed by atoms with Gasteiger partial charge in [0.05, 0.1) is 5.02 Å². The van der Waals surface area contributed by atoms with Crippen LogP contribution in [0.25, 0.3) is 11.3 Å². The van der Waals surface area contributed by atoms with E-state index in [4.69, 9.17) is 21.8 Å². The van der Waals surface area contributed by atoms with E-state index in [0.29, 0.717) is 29.3 Å². The van der Waals surface area contributed by atoms with Crippen LogP contribution in [-0.2, 0) is 4.79 Å². The predicted octanol–water partition coefficient (Wildman–Crippen LogP) is 1.89. The van der Waals surface area contributed by atoms with Crippen molar-refractivity contribution in [3.05, 3.63) is 47.2 Å². The van der Waals surface area contributed by atoms with E-state index in [0.717, 1.165) is 0 Å². The summed E-state index contributed by atoms with van der Waals surface area (Å²) in [5, 5.41) is 3.11. The molecule has 126 valence electrons. The zero-order valence-electron chi connectivity index (χ0n) is 13.2. The molecule has 2 heterocycles. The third-order valence-corrected chi connectivity index (χ3v) is 4.43. The minimum Gasteiger partial charge on any atom is -0.451 e. The lowest BCUT2D eigenvalue weighted by Crippen LogP contribution is -2.44. The fraction of sp³-hybridized carbons (Fsp3) is 0.294. The van der Waals surface area contributed by atoms with Gasteiger partial charge in [-0.05, 0) is 30.7 Å². The van der Waals surface area contributed by atoms with Crippen LogP contribution in [0.1, 0.15) is 17.0 Å². The van der Waals surface area contributed by atoms with Crippen LogP contribution in [0.5, 0.6) is 0 Å². The molecule has 1 saturated heterocycles. The maximum atomic E-state index is 12.7. The molecule has 24 heavy (non-hydrogen) atoms. The van der Waals surface area contributed by atoms with Crippen molar-refractivity contribution in [1.82, 2.24) is 10.2 Å². The number of benzene rings is 1. The molecule has 1 aromatic carbocycles. The Balaban J connectivity index is 1.86. The second kappa shape index (κ2) is 6.67. The highest BCUT2D eigenvalue weighted by Gasteiger charge is 2.39. The van der Waals surface area contributed by atoms with Crippen molar-refractivity contribution in [3.63, 3.8) is 0 Å². The molecule has 6 nitrogen and oxygen atoms in total. The summed E-state index contributed by atoms with van der Waals surface area (Å²) in [6.45, 7) is 0.318. The Morgan fingerprint density at radius 3 is 2.75 bits per heavy atom. The molecule has 0 radical (unpaired) electrons. The molecule has 0 aliphatic carbocycles. The van der Waals surface area contributed by atoms with Gasteiger partial charge in [0.2, 0.25) is 5.91 Å². The summed E-state index contributed by atoms with van der Waals surface area (Å²) < 4.78 is 5.67. The van der Waals surface area contributed by atoms with Crippen LogP contribution in [0.4, 0.5) is 0 Å². The third-order valence-electron chi connectivity index (χ3n) is 4.10. The molecule has 2 aromatic rings. The summed E-state index contributed by atoms with van der Waals surface area (Å²) in [5.74, 6) is 0.0842. The van der Waals surface area contributed by atoms with E-state index >= 15 is 0 Å². The summed E-state index contributed by atoms with van der Waals surface area (Å²) >= 11 is 6.15. The maximum absolute atomic E-state index is 12.7. The Hall–Kier alpha value is -2.31. The molecule has 1 fully saturated rings. The summed E-state index contributed by atoms with van der Waals surface area (Å²) in [6.07, 6.45) is 0.434. The number of amides is 2. The highest BCUT2D eigenvalue weighted by Crippen LogP contribution is 2.30. The van der Waals surface area contributed by atoms with Crippen LogP contribution in [-0.4, -0.2) is 42.4 Å². The zero-order chi connectivity index (χ0) is 17.3. The van der Waals surface area contributed by atoms with Crippen LogP contribution >= 0.6 is 11.6 Å². The lowest BCUT2D eigenvalue weighted by Gasteiger charge is -2.22. The number of rotatable bonds is 3. The number of hydrogen-bond donors (Lipinski definition) is 2. The first-order chi connectivity index (χ1) is 11.5. The van der Waals surface area contributed by atoms with Crippen LogP contribution < -0.4 is 11.1 Å². The first-order valence-corrected chi connectivity index (χ1v) is 8.02. The molecule has 1 aromatic heterocycles. The highest BCUT2D eigenvalue weighted by atomic mass is 35.5. The van der Waals surface area contributed by atoms with Gasteiger partial charge < -0.3 is 20.4 Å². The van der Waals surface area contributed by atoms with Crippen LogP contribution in [0.2, 0.25) is 5.02 Å². The first-order valence-electron chi connectivity index (χ1n) is 7.64. The standard InChI is InChI=1S/C17H18ClN3O3/c1-20-16(22)13-8-10(19)9-21(13)17(23)15-7-6-14(24-15)11-4-2-3-5-12(11)18/h2-7,10,13H,8-9,19H2,1H3,(H,20,22)/t10-,13-/m0/s1. The number of halogens is 1. The van der Waals surface area contributed by atoms with Crippen molar-refractivity contribution < 1.29 is 14.0 Å². The molecule has 3 rings (SSSR count). The Morgan fingerprint density at radius 2 is 2.04 bits per heavy atom. The number of hydrogen-bond acceptors (Lipinski definition) is 4. The number of nitrogens with zero attached hydrogens (tertiary/aromatic N) is 1.